The molecule has 0 spiro atoms. The molecule has 1 aliphatic heterocycles. The third-order valence-electron chi connectivity index (χ3n) is 8.24. The molecule has 2 N–H and O–H groups in total. The minimum Gasteiger partial charge on any atom is -0.390 e. The van der Waals surface area contributed by atoms with Crippen LogP contribution in [0, 0.1) is 17.8 Å². The van der Waals surface area contributed by atoms with Crippen molar-refractivity contribution in [1.29, 1.82) is 0 Å². The summed E-state index contributed by atoms with van der Waals surface area (Å²) >= 11 is 0. The number of anilines is 2. The van der Waals surface area contributed by atoms with E-state index in [9.17, 15) is 23.1 Å². The lowest BCUT2D eigenvalue weighted by atomic mass is 9.52. The standard InChI is InChI=1S/C24H27F3N4O2/c1-30-20(31-6-5-16-17(24(25,26)27)3-2-4-19(16)31)9-18(29-30)22(32)28-21-14-7-13-8-15(21)12-23(33,10-13)11-14/h2-4,9,13-15,21,33H,5-8,10-12H2,1H3,(H,28,32). The van der Waals surface area contributed by atoms with Crippen LogP contribution in [0.1, 0.15) is 53.7 Å². The first kappa shape index (κ1) is 21.0. The lowest BCUT2D eigenvalue weighted by molar-refractivity contribution is -0.138. The number of hydrogen-bond acceptors (Lipinski definition) is 4. The predicted molar refractivity (Wildman–Crippen MR) is 115 cm³/mol. The maximum Gasteiger partial charge on any atom is 0.416 e. The van der Waals surface area contributed by atoms with Gasteiger partial charge in [-0.1, -0.05) is 6.07 Å². The molecule has 4 bridgehead atoms. The number of carbonyl (C=O) groups is 1. The zero-order chi connectivity index (χ0) is 23.1. The average molecular weight is 461 g/mol. The largest absolute Gasteiger partial charge is 0.416 e. The van der Waals surface area contributed by atoms with E-state index in [2.05, 4.69) is 10.4 Å². The number of halogens is 3. The molecule has 1 aromatic carbocycles. The molecule has 4 saturated carbocycles. The normalized spacial score (nSPS) is 32.3. The lowest BCUT2D eigenvalue weighted by Crippen LogP contribution is -2.61. The zero-order valence-corrected chi connectivity index (χ0v) is 18.4. The van der Waals surface area contributed by atoms with E-state index >= 15 is 0 Å². The van der Waals surface area contributed by atoms with Crippen LogP contribution in [-0.2, 0) is 19.6 Å². The SMILES string of the molecule is Cn1nc(C(=O)NC2C3CC4CC2CC(O)(C4)C3)cc1N1CCc2c1cccc2C(F)(F)F. The molecule has 0 radical (unpaired) electrons. The maximum atomic E-state index is 13.4. The van der Waals surface area contributed by atoms with Crippen LogP contribution in [0.5, 0.6) is 0 Å². The third kappa shape index (κ3) is 3.34. The number of carbonyl (C=O) groups excluding carboxylic acids is 1. The molecular formula is C24H27F3N4O2. The molecule has 4 aliphatic carbocycles. The Kier molecular flexibility index (Phi) is 4.44. The molecular weight excluding hydrogens is 433 g/mol. The fraction of sp³-hybridized carbons (Fsp3) is 0.583. The van der Waals surface area contributed by atoms with Crippen molar-refractivity contribution in [3.63, 3.8) is 0 Å². The van der Waals surface area contributed by atoms with Crippen molar-refractivity contribution in [3.05, 3.63) is 41.1 Å². The number of aromatic nitrogens is 2. The number of aliphatic hydroxyl groups is 1. The molecule has 1 aromatic heterocycles. The van der Waals surface area contributed by atoms with Gasteiger partial charge in [-0.2, -0.15) is 18.3 Å². The van der Waals surface area contributed by atoms with Gasteiger partial charge in [0.2, 0.25) is 0 Å². The summed E-state index contributed by atoms with van der Waals surface area (Å²) in [5, 5.41) is 18.3. The first-order valence-electron chi connectivity index (χ1n) is 11.7. The molecule has 176 valence electrons. The lowest BCUT2D eigenvalue weighted by Gasteiger charge is -2.58. The first-order valence-corrected chi connectivity index (χ1v) is 11.7. The van der Waals surface area contributed by atoms with Crippen LogP contribution in [0.25, 0.3) is 0 Å². The second-order valence-corrected chi connectivity index (χ2v) is 10.4. The van der Waals surface area contributed by atoms with Gasteiger partial charge in [-0.15, -0.1) is 0 Å². The summed E-state index contributed by atoms with van der Waals surface area (Å²) in [6, 6.07) is 5.93. The Morgan fingerprint density at radius 1 is 1.21 bits per heavy atom. The van der Waals surface area contributed by atoms with Crippen molar-refractivity contribution in [2.24, 2.45) is 24.8 Å². The number of alkyl halides is 3. The topological polar surface area (TPSA) is 70.4 Å². The summed E-state index contributed by atoms with van der Waals surface area (Å²) in [5.74, 6) is 1.47. The van der Waals surface area contributed by atoms with Crippen LogP contribution >= 0.6 is 0 Å². The van der Waals surface area contributed by atoms with Gasteiger partial charge < -0.3 is 15.3 Å². The molecule has 1 amide bonds. The van der Waals surface area contributed by atoms with Crippen molar-refractivity contribution in [1.82, 2.24) is 15.1 Å². The molecule has 6 nitrogen and oxygen atoms in total. The van der Waals surface area contributed by atoms with Gasteiger partial charge >= 0.3 is 6.18 Å². The smallest absolute Gasteiger partial charge is 0.390 e. The summed E-state index contributed by atoms with van der Waals surface area (Å²) in [6.45, 7) is 0.399. The number of hydrogen-bond donors (Lipinski definition) is 2. The van der Waals surface area contributed by atoms with E-state index < -0.39 is 17.3 Å². The second kappa shape index (κ2) is 6.98. The van der Waals surface area contributed by atoms with Crippen molar-refractivity contribution < 1.29 is 23.1 Å². The molecule has 2 unspecified atom stereocenters. The monoisotopic (exact) mass is 460 g/mol. The fourth-order valence-corrected chi connectivity index (χ4v) is 7.20. The van der Waals surface area contributed by atoms with Gasteiger partial charge in [0.1, 0.15) is 5.82 Å². The Hall–Kier alpha value is -2.55. The van der Waals surface area contributed by atoms with Crippen molar-refractivity contribution in [2.75, 3.05) is 11.4 Å². The molecule has 5 aliphatic rings. The Bertz CT molecular complexity index is 1110. The zero-order valence-electron chi connectivity index (χ0n) is 18.4. The highest BCUT2D eigenvalue weighted by Gasteiger charge is 2.55. The number of rotatable bonds is 3. The summed E-state index contributed by atoms with van der Waals surface area (Å²) in [4.78, 5) is 14.9. The molecule has 2 heterocycles. The number of fused-ring (bicyclic) bond motifs is 1. The van der Waals surface area contributed by atoms with Crippen LogP contribution in [-0.4, -0.2) is 39.0 Å². The molecule has 9 heteroatoms. The highest BCUT2D eigenvalue weighted by atomic mass is 19.4. The number of nitrogens with zero attached hydrogens (tertiary/aromatic N) is 3. The minimum absolute atomic E-state index is 0.0432. The van der Waals surface area contributed by atoms with Crippen LogP contribution < -0.4 is 10.2 Å². The quantitative estimate of drug-likeness (QED) is 0.731. The van der Waals surface area contributed by atoms with E-state index in [0.717, 1.165) is 38.2 Å². The summed E-state index contributed by atoms with van der Waals surface area (Å²) in [7, 11) is 1.70. The van der Waals surface area contributed by atoms with Gasteiger partial charge in [0.05, 0.1) is 11.2 Å². The number of nitrogens with one attached hydrogen (secondary N) is 1. The van der Waals surface area contributed by atoms with Crippen molar-refractivity contribution >= 4 is 17.4 Å². The highest BCUT2D eigenvalue weighted by molar-refractivity contribution is 5.93. The van der Waals surface area contributed by atoms with Crippen LogP contribution in [0.3, 0.4) is 0 Å². The van der Waals surface area contributed by atoms with Crippen molar-refractivity contribution in [2.45, 2.75) is 56.3 Å². The van der Waals surface area contributed by atoms with E-state index in [-0.39, 0.29) is 29.6 Å². The van der Waals surface area contributed by atoms with Gasteiger partial charge in [0.25, 0.3) is 5.91 Å². The molecule has 0 saturated heterocycles. The van der Waals surface area contributed by atoms with Gasteiger partial charge in [0.15, 0.2) is 5.69 Å². The molecule has 33 heavy (non-hydrogen) atoms. The van der Waals surface area contributed by atoms with Crippen LogP contribution in [0.4, 0.5) is 24.7 Å². The minimum atomic E-state index is -4.40. The summed E-state index contributed by atoms with van der Waals surface area (Å²) in [6.07, 6.45) is 0.344. The van der Waals surface area contributed by atoms with Crippen LogP contribution in [0.2, 0.25) is 0 Å². The summed E-state index contributed by atoms with van der Waals surface area (Å²) < 4.78 is 41.8. The number of aryl methyl sites for hydroxylation is 1. The molecule has 7 rings (SSSR count). The van der Waals surface area contributed by atoms with Gasteiger partial charge in [0, 0.05) is 31.4 Å². The number of benzene rings is 1. The number of amides is 1. The highest BCUT2D eigenvalue weighted by Crippen LogP contribution is 2.55. The van der Waals surface area contributed by atoms with E-state index in [0.29, 0.717) is 35.8 Å². The van der Waals surface area contributed by atoms with E-state index in [4.69, 9.17) is 0 Å². The fourth-order valence-electron chi connectivity index (χ4n) is 7.20. The third-order valence-corrected chi connectivity index (χ3v) is 8.24. The average Bonchev–Trinajstić information content (AvgIpc) is 3.31. The van der Waals surface area contributed by atoms with E-state index in [1.54, 1.807) is 28.8 Å². The van der Waals surface area contributed by atoms with Crippen molar-refractivity contribution in [3.8, 4) is 0 Å². The second-order valence-electron chi connectivity index (χ2n) is 10.4. The molecule has 4 fully saturated rings. The van der Waals surface area contributed by atoms with Crippen LogP contribution in [0.15, 0.2) is 24.3 Å². The van der Waals surface area contributed by atoms with E-state index in [1.807, 2.05) is 0 Å². The van der Waals surface area contributed by atoms with Gasteiger partial charge in [-0.25, -0.2) is 0 Å². The molecule has 2 atom stereocenters. The Labute approximate surface area is 189 Å². The van der Waals surface area contributed by atoms with E-state index in [1.165, 1.54) is 6.07 Å². The first-order chi connectivity index (χ1) is 15.6. The Balaban J connectivity index is 1.23. The molecule has 2 aromatic rings. The maximum absolute atomic E-state index is 13.4. The predicted octanol–water partition coefficient (Wildman–Crippen LogP) is 3.80. The summed E-state index contributed by atoms with van der Waals surface area (Å²) in [5.41, 5.74) is -0.113. The Morgan fingerprint density at radius 3 is 2.61 bits per heavy atom. The van der Waals surface area contributed by atoms with Gasteiger partial charge in [-0.3, -0.25) is 9.48 Å². The Morgan fingerprint density at radius 2 is 1.94 bits per heavy atom. The van der Waals surface area contributed by atoms with Gasteiger partial charge in [-0.05, 0) is 74.0 Å².